The van der Waals surface area contributed by atoms with Crippen LogP contribution < -0.4 is 5.32 Å². The van der Waals surface area contributed by atoms with Crippen LogP contribution in [-0.4, -0.2) is 46.1 Å². The number of rotatable bonds is 8. The van der Waals surface area contributed by atoms with Gasteiger partial charge in [-0.1, -0.05) is 36.7 Å². The van der Waals surface area contributed by atoms with Gasteiger partial charge in [0.15, 0.2) is 5.82 Å². The van der Waals surface area contributed by atoms with E-state index in [9.17, 15) is 0 Å². The van der Waals surface area contributed by atoms with Crippen LogP contribution in [0.3, 0.4) is 0 Å². The summed E-state index contributed by atoms with van der Waals surface area (Å²) in [6.07, 6.45) is 0.672. The van der Waals surface area contributed by atoms with Gasteiger partial charge in [-0.3, -0.25) is 14.9 Å². The zero-order valence-corrected chi connectivity index (χ0v) is 19.3. The van der Waals surface area contributed by atoms with E-state index in [1.54, 1.807) is 6.92 Å². The Morgan fingerprint density at radius 3 is 2.69 bits per heavy atom. The van der Waals surface area contributed by atoms with Crippen molar-refractivity contribution in [3.8, 4) is 5.69 Å². The molecule has 0 saturated heterocycles. The van der Waals surface area contributed by atoms with Crippen molar-refractivity contribution in [3.05, 3.63) is 75.8 Å². The van der Waals surface area contributed by atoms with Crippen LogP contribution >= 0.6 is 11.6 Å². The van der Waals surface area contributed by atoms with Crippen molar-refractivity contribution in [2.24, 2.45) is 4.99 Å². The molecule has 166 valence electrons. The number of aromatic nitrogens is 3. The molecule has 1 atom stereocenters. The van der Waals surface area contributed by atoms with Crippen LogP contribution in [0.1, 0.15) is 54.6 Å². The molecular weight excluding hydrogens is 424 g/mol. The van der Waals surface area contributed by atoms with Gasteiger partial charge in [-0.15, -0.1) is 10.2 Å². The Labute approximate surface area is 193 Å². The van der Waals surface area contributed by atoms with Gasteiger partial charge in [0, 0.05) is 28.3 Å². The number of fused-ring (bicyclic) bond motifs is 3. The zero-order chi connectivity index (χ0) is 22.7. The van der Waals surface area contributed by atoms with Gasteiger partial charge in [-0.25, -0.2) is 0 Å². The smallest absolute Gasteiger partial charge is 0.162 e. The summed E-state index contributed by atoms with van der Waals surface area (Å²) in [6, 6.07) is 13.5. The molecule has 1 aliphatic rings. The monoisotopic (exact) mass is 450 g/mol. The van der Waals surface area contributed by atoms with Crippen LogP contribution in [0.15, 0.2) is 47.5 Å². The van der Waals surface area contributed by atoms with E-state index in [0.29, 0.717) is 30.5 Å². The fourth-order valence-corrected chi connectivity index (χ4v) is 3.93. The minimum atomic E-state index is -0.222. The first-order chi connectivity index (χ1) is 15.5. The Morgan fingerprint density at radius 2 is 1.97 bits per heavy atom. The molecule has 1 unspecified atom stereocenters. The Hall–Kier alpha value is -2.87. The quantitative estimate of drug-likeness (QED) is 0.301. The number of hydrogen-bond donors (Lipinski definition) is 2. The van der Waals surface area contributed by atoms with Crippen LogP contribution in [0.25, 0.3) is 5.69 Å². The molecule has 0 fully saturated rings. The van der Waals surface area contributed by atoms with Crippen molar-refractivity contribution >= 4 is 23.0 Å². The first kappa shape index (κ1) is 22.3. The molecule has 2 aromatic carbocycles. The van der Waals surface area contributed by atoms with E-state index in [2.05, 4.69) is 20.1 Å². The lowest BCUT2D eigenvalue weighted by atomic mass is 9.97. The molecule has 2 heterocycles. The molecule has 2 N–H and O–H groups in total. The number of ether oxygens (including phenoxy) is 1. The van der Waals surface area contributed by atoms with Crippen LogP contribution in [0, 0.1) is 12.3 Å². The van der Waals surface area contributed by atoms with Gasteiger partial charge < -0.3 is 10.1 Å². The Balaban J connectivity index is 1.85. The van der Waals surface area contributed by atoms with E-state index in [0.717, 1.165) is 46.3 Å². The maximum absolute atomic E-state index is 8.14. The molecule has 0 saturated carbocycles. The molecule has 0 bridgehead atoms. The molecule has 7 nitrogen and oxygen atoms in total. The molecule has 3 aromatic rings. The van der Waals surface area contributed by atoms with Crippen molar-refractivity contribution in [2.75, 3.05) is 19.9 Å². The van der Waals surface area contributed by atoms with E-state index < -0.39 is 0 Å². The molecule has 32 heavy (non-hydrogen) atoms. The van der Waals surface area contributed by atoms with Crippen molar-refractivity contribution < 1.29 is 4.74 Å². The summed E-state index contributed by atoms with van der Waals surface area (Å²) in [7, 11) is 0. The third-order valence-electron chi connectivity index (χ3n) is 5.47. The van der Waals surface area contributed by atoms with Gasteiger partial charge >= 0.3 is 0 Å². The largest absolute Gasteiger partial charge is 0.366 e. The first-order valence-corrected chi connectivity index (χ1v) is 11.1. The summed E-state index contributed by atoms with van der Waals surface area (Å²) in [5.41, 5.74) is 5.06. The summed E-state index contributed by atoms with van der Waals surface area (Å²) in [4.78, 5) is 5.17. The first-order valence-electron chi connectivity index (χ1n) is 10.7. The van der Waals surface area contributed by atoms with Crippen molar-refractivity contribution in [3.63, 3.8) is 0 Å². The molecule has 1 aliphatic heterocycles. The minimum Gasteiger partial charge on any atom is -0.366 e. The fraction of sp³-hybridized carbons (Fsp3) is 0.333. The molecule has 0 spiro atoms. The highest BCUT2D eigenvalue weighted by Crippen LogP contribution is 2.33. The molecule has 0 radical (unpaired) electrons. The summed E-state index contributed by atoms with van der Waals surface area (Å²) in [6.45, 7) is 7.69. The van der Waals surface area contributed by atoms with Crippen molar-refractivity contribution in [1.29, 1.82) is 5.41 Å². The predicted octanol–water partition coefficient (Wildman–Crippen LogP) is 4.48. The van der Waals surface area contributed by atoms with E-state index in [1.165, 1.54) is 0 Å². The van der Waals surface area contributed by atoms with Gasteiger partial charge in [0.1, 0.15) is 11.9 Å². The molecular formula is C24H27ClN6O. The summed E-state index contributed by atoms with van der Waals surface area (Å²) >= 11 is 6.15. The molecule has 0 aliphatic carbocycles. The standard InChI is InChI=1S/C24H27ClN6O/c1-4-27-14-32-12-11-21-24-30-29-16(3)31(24)22-10-7-18(15(2)26)13-20(22)23(28-21)17-5-8-19(25)9-6-17/h5-10,13,21,26-27H,4,11-12,14H2,1-3H3. The van der Waals surface area contributed by atoms with Gasteiger partial charge in [-0.05, 0) is 50.2 Å². The maximum Gasteiger partial charge on any atom is 0.162 e. The average Bonchev–Trinajstić information content (AvgIpc) is 3.10. The number of halogens is 1. The van der Waals surface area contributed by atoms with E-state index in [4.69, 9.17) is 26.7 Å². The molecule has 8 heteroatoms. The molecule has 4 rings (SSSR count). The van der Waals surface area contributed by atoms with Crippen LogP contribution in [0.5, 0.6) is 0 Å². The lowest BCUT2D eigenvalue weighted by Crippen LogP contribution is -2.18. The minimum absolute atomic E-state index is 0.222. The summed E-state index contributed by atoms with van der Waals surface area (Å²) in [5.74, 6) is 1.59. The SMILES string of the molecule is CCNCOCCC1N=C(c2ccc(Cl)cc2)c2cc(C(C)=N)ccc2-n2c(C)nnc21. The summed E-state index contributed by atoms with van der Waals surface area (Å²) < 4.78 is 7.81. The molecule has 1 aromatic heterocycles. The molecule has 0 amide bonds. The van der Waals surface area contributed by atoms with Gasteiger partial charge in [-0.2, -0.15) is 0 Å². The fourth-order valence-electron chi connectivity index (χ4n) is 3.80. The lowest BCUT2D eigenvalue weighted by Gasteiger charge is -2.14. The summed E-state index contributed by atoms with van der Waals surface area (Å²) in [5, 5.41) is 20.8. The number of nitrogens with zero attached hydrogens (tertiary/aromatic N) is 4. The number of hydrogen-bond acceptors (Lipinski definition) is 6. The Kier molecular flexibility index (Phi) is 6.79. The highest BCUT2D eigenvalue weighted by molar-refractivity contribution is 6.30. The topological polar surface area (TPSA) is 88.2 Å². The highest BCUT2D eigenvalue weighted by Gasteiger charge is 2.28. The van der Waals surface area contributed by atoms with Crippen molar-refractivity contribution in [1.82, 2.24) is 20.1 Å². The Morgan fingerprint density at radius 1 is 1.19 bits per heavy atom. The Bertz CT molecular complexity index is 1150. The van der Waals surface area contributed by atoms with Gasteiger partial charge in [0.25, 0.3) is 0 Å². The third-order valence-corrected chi connectivity index (χ3v) is 5.72. The van der Waals surface area contributed by atoms with Crippen molar-refractivity contribution in [2.45, 2.75) is 33.2 Å². The van der Waals surface area contributed by atoms with Crippen LogP contribution in [0.4, 0.5) is 0 Å². The average molecular weight is 451 g/mol. The highest BCUT2D eigenvalue weighted by atomic mass is 35.5. The zero-order valence-electron chi connectivity index (χ0n) is 18.5. The normalized spacial score (nSPS) is 15.0. The van der Waals surface area contributed by atoms with Crippen LogP contribution in [-0.2, 0) is 4.74 Å². The third kappa shape index (κ3) is 4.50. The predicted molar refractivity (Wildman–Crippen MR) is 128 cm³/mol. The van der Waals surface area contributed by atoms with Gasteiger partial charge in [0.2, 0.25) is 0 Å². The second kappa shape index (κ2) is 9.73. The number of benzene rings is 2. The van der Waals surface area contributed by atoms with E-state index in [1.807, 2.05) is 56.3 Å². The number of nitrogens with one attached hydrogen (secondary N) is 2. The lowest BCUT2D eigenvalue weighted by molar-refractivity contribution is 0.111. The number of aryl methyl sites for hydroxylation is 1. The van der Waals surface area contributed by atoms with Crippen LogP contribution in [0.2, 0.25) is 5.02 Å². The van der Waals surface area contributed by atoms with Gasteiger partial charge in [0.05, 0.1) is 24.7 Å². The maximum atomic E-state index is 8.14. The second-order valence-electron chi connectivity index (χ2n) is 7.74. The van der Waals surface area contributed by atoms with E-state index in [-0.39, 0.29) is 6.04 Å². The second-order valence-corrected chi connectivity index (χ2v) is 8.18. The number of aliphatic imine (C=N–C) groups is 1. The van der Waals surface area contributed by atoms with E-state index >= 15 is 0 Å².